The van der Waals surface area contributed by atoms with Gasteiger partial charge in [0.15, 0.2) is 0 Å². The van der Waals surface area contributed by atoms with E-state index >= 15 is 0 Å². The minimum Gasteiger partial charge on any atom is -0.468 e. The van der Waals surface area contributed by atoms with Crippen molar-refractivity contribution in [2.24, 2.45) is 5.73 Å². The highest BCUT2D eigenvalue weighted by Gasteiger charge is 2.38. The summed E-state index contributed by atoms with van der Waals surface area (Å²) < 4.78 is 43.8. The Morgan fingerprint density at radius 2 is 1.89 bits per heavy atom. The van der Waals surface area contributed by atoms with E-state index in [0.717, 1.165) is 11.6 Å². The van der Waals surface area contributed by atoms with Gasteiger partial charge in [0.05, 0.1) is 5.76 Å². The van der Waals surface area contributed by atoms with Crippen LogP contribution in [0.5, 0.6) is 0 Å². The first-order valence-corrected chi connectivity index (χ1v) is 9.01. The van der Waals surface area contributed by atoms with E-state index in [1.165, 1.54) is 6.08 Å². The Kier molecular flexibility index (Phi) is 7.07. The molecule has 2 rings (SSSR count). The second kappa shape index (κ2) is 9.08. The van der Waals surface area contributed by atoms with Crippen LogP contribution in [0.2, 0.25) is 0 Å². The SMILES string of the molecule is CCCC(N)(OC1=CC=C(C(F)(F)F)CC1)C(=O)NCCc1ccccc1. The molecule has 0 aliphatic heterocycles. The summed E-state index contributed by atoms with van der Waals surface area (Å²) in [6.07, 6.45) is -0.732. The van der Waals surface area contributed by atoms with E-state index in [0.29, 0.717) is 19.4 Å². The van der Waals surface area contributed by atoms with E-state index in [2.05, 4.69) is 5.32 Å². The average Bonchev–Trinajstić information content (AvgIpc) is 2.62. The van der Waals surface area contributed by atoms with Crippen LogP contribution in [0.3, 0.4) is 0 Å². The average molecular weight is 382 g/mol. The Morgan fingerprint density at radius 1 is 1.19 bits per heavy atom. The van der Waals surface area contributed by atoms with Crippen LogP contribution < -0.4 is 11.1 Å². The molecule has 148 valence electrons. The molecule has 0 saturated carbocycles. The first kappa shape index (κ1) is 21.0. The third-order valence-corrected chi connectivity index (χ3v) is 4.34. The van der Waals surface area contributed by atoms with Gasteiger partial charge in [-0.2, -0.15) is 13.2 Å². The molecule has 0 radical (unpaired) electrons. The van der Waals surface area contributed by atoms with Crippen LogP contribution in [-0.4, -0.2) is 24.4 Å². The van der Waals surface area contributed by atoms with Crippen molar-refractivity contribution in [2.45, 2.75) is 50.9 Å². The van der Waals surface area contributed by atoms with Gasteiger partial charge in [-0.25, -0.2) is 0 Å². The molecule has 1 aromatic carbocycles. The van der Waals surface area contributed by atoms with Crippen molar-refractivity contribution in [3.63, 3.8) is 0 Å². The van der Waals surface area contributed by atoms with Crippen molar-refractivity contribution in [1.82, 2.24) is 5.32 Å². The minimum absolute atomic E-state index is 0.0608. The zero-order valence-corrected chi connectivity index (χ0v) is 15.3. The molecule has 0 aromatic heterocycles. The van der Waals surface area contributed by atoms with Crippen LogP contribution in [-0.2, 0) is 16.0 Å². The fraction of sp³-hybridized carbons (Fsp3) is 0.450. The number of allylic oxidation sites excluding steroid dienone is 4. The van der Waals surface area contributed by atoms with Gasteiger partial charge in [0.2, 0.25) is 5.72 Å². The molecular weight excluding hydrogens is 357 g/mol. The van der Waals surface area contributed by atoms with E-state index in [9.17, 15) is 18.0 Å². The van der Waals surface area contributed by atoms with Gasteiger partial charge >= 0.3 is 6.18 Å². The summed E-state index contributed by atoms with van der Waals surface area (Å²) in [5.41, 5.74) is 5.04. The van der Waals surface area contributed by atoms with Gasteiger partial charge in [0.25, 0.3) is 5.91 Å². The quantitative estimate of drug-likeness (QED) is 0.669. The number of alkyl halides is 3. The Balaban J connectivity index is 1.98. The van der Waals surface area contributed by atoms with Gasteiger partial charge in [0.1, 0.15) is 0 Å². The summed E-state index contributed by atoms with van der Waals surface area (Å²) in [4.78, 5) is 12.6. The maximum atomic E-state index is 12.7. The molecule has 3 N–H and O–H groups in total. The standard InChI is InChI=1S/C20H25F3N2O2/c1-2-13-19(24,18(26)25-14-12-15-6-4-3-5-7-15)27-17-10-8-16(9-11-17)20(21,22)23/h3-8,10H,2,9,11-14,24H2,1H3,(H,25,26). The molecule has 4 nitrogen and oxygen atoms in total. The van der Waals surface area contributed by atoms with Crippen molar-refractivity contribution in [2.75, 3.05) is 6.54 Å². The fourth-order valence-electron chi connectivity index (χ4n) is 2.87. The van der Waals surface area contributed by atoms with Gasteiger partial charge < -0.3 is 10.1 Å². The van der Waals surface area contributed by atoms with Crippen LogP contribution in [0.1, 0.15) is 38.2 Å². The Hall–Kier alpha value is -2.28. The second-order valence-electron chi connectivity index (χ2n) is 6.56. The summed E-state index contributed by atoms with van der Waals surface area (Å²) in [7, 11) is 0. The molecule has 1 amide bonds. The van der Waals surface area contributed by atoms with Crippen molar-refractivity contribution in [3.8, 4) is 0 Å². The van der Waals surface area contributed by atoms with Crippen molar-refractivity contribution in [3.05, 3.63) is 59.4 Å². The Bertz CT molecular complexity index is 699. The first-order chi connectivity index (χ1) is 12.7. The second-order valence-corrected chi connectivity index (χ2v) is 6.56. The van der Waals surface area contributed by atoms with Gasteiger partial charge in [-0.3, -0.25) is 10.5 Å². The van der Waals surface area contributed by atoms with Crippen LogP contribution in [0.25, 0.3) is 0 Å². The topological polar surface area (TPSA) is 64.3 Å². The third kappa shape index (κ3) is 6.13. The number of amides is 1. The predicted octanol–water partition coefficient (Wildman–Crippen LogP) is 3.98. The minimum atomic E-state index is -4.35. The number of ether oxygens (including phenoxy) is 1. The lowest BCUT2D eigenvalue weighted by Crippen LogP contribution is -2.56. The van der Waals surface area contributed by atoms with Crippen LogP contribution in [0, 0.1) is 0 Å². The molecule has 0 heterocycles. The molecule has 1 aliphatic rings. The largest absolute Gasteiger partial charge is 0.468 e. The molecule has 0 spiro atoms. The number of carbonyl (C=O) groups is 1. The number of benzene rings is 1. The molecule has 1 aromatic rings. The normalized spacial score (nSPS) is 16.8. The number of nitrogens with two attached hydrogens (primary N) is 1. The monoisotopic (exact) mass is 382 g/mol. The number of nitrogens with one attached hydrogen (secondary N) is 1. The van der Waals surface area contributed by atoms with E-state index in [4.69, 9.17) is 10.5 Å². The molecule has 1 aliphatic carbocycles. The van der Waals surface area contributed by atoms with Gasteiger partial charge in [0, 0.05) is 25.0 Å². The summed E-state index contributed by atoms with van der Waals surface area (Å²) in [5, 5.41) is 2.77. The van der Waals surface area contributed by atoms with E-state index in [1.54, 1.807) is 0 Å². The molecule has 0 saturated heterocycles. The first-order valence-electron chi connectivity index (χ1n) is 9.01. The van der Waals surface area contributed by atoms with Crippen LogP contribution in [0.15, 0.2) is 53.8 Å². The summed E-state index contributed by atoms with van der Waals surface area (Å²) in [5.74, 6) is -0.177. The summed E-state index contributed by atoms with van der Waals surface area (Å²) in [6, 6.07) is 9.67. The maximum Gasteiger partial charge on any atom is 0.412 e. The van der Waals surface area contributed by atoms with E-state index in [-0.39, 0.29) is 25.0 Å². The molecule has 0 bridgehead atoms. The molecule has 7 heteroatoms. The van der Waals surface area contributed by atoms with Gasteiger partial charge in [-0.1, -0.05) is 49.8 Å². The Labute approximate surface area is 157 Å². The van der Waals surface area contributed by atoms with E-state index < -0.39 is 23.4 Å². The highest BCUT2D eigenvalue weighted by atomic mass is 19.4. The number of hydrogen-bond donors (Lipinski definition) is 2. The number of carbonyl (C=O) groups excluding carboxylic acids is 1. The smallest absolute Gasteiger partial charge is 0.412 e. The molecular formula is C20H25F3N2O2. The van der Waals surface area contributed by atoms with Gasteiger partial charge in [-0.15, -0.1) is 0 Å². The fourth-order valence-corrected chi connectivity index (χ4v) is 2.87. The van der Waals surface area contributed by atoms with Crippen molar-refractivity contribution < 1.29 is 22.7 Å². The molecule has 27 heavy (non-hydrogen) atoms. The van der Waals surface area contributed by atoms with E-state index in [1.807, 2.05) is 37.3 Å². The maximum absolute atomic E-state index is 12.7. The lowest BCUT2D eigenvalue weighted by Gasteiger charge is -2.31. The lowest BCUT2D eigenvalue weighted by molar-refractivity contribution is -0.143. The number of halogens is 3. The zero-order chi connectivity index (χ0) is 19.9. The van der Waals surface area contributed by atoms with Crippen LogP contribution in [0.4, 0.5) is 13.2 Å². The highest BCUT2D eigenvalue weighted by molar-refractivity contribution is 5.84. The highest BCUT2D eigenvalue weighted by Crippen LogP contribution is 2.34. The number of rotatable bonds is 8. The van der Waals surface area contributed by atoms with Crippen molar-refractivity contribution in [1.29, 1.82) is 0 Å². The molecule has 0 fully saturated rings. The number of hydrogen-bond acceptors (Lipinski definition) is 3. The summed E-state index contributed by atoms with van der Waals surface area (Å²) in [6.45, 7) is 2.26. The Morgan fingerprint density at radius 3 is 2.44 bits per heavy atom. The molecule has 1 unspecified atom stereocenters. The third-order valence-electron chi connectivity index (χ3n) is 4.34. The zero-order valence-electron chi connectivity index (χ0n) is 15.3. The van der Waals surface area contributed by atoms with Crippen LogP contribution >= 0.6 is 0 Å². The summed E-state index contributed by atoms with van der Waals surface area (Å²) >= 11 is 0. The molecule has 1 atom stereocenters. The predicted molar refractivity (Wildman–Crippen MR) is 97.5 cm³/mol. The van der Waals surface area contributed by atoms with Gasteiger partial charge in [-0.05, 0) is 24.5 Å². The lowest BCUT2D eigenvalue weighted by atomic mass is 10.0. The van der Waals surface area contributed by atoms with Crippen molar-refractivity contribution >= 4 is 5.91 Å².